The van der Waals surface area contributed by atoms with Crippen LogP contribution in [0, 0.1) is 5.92 Å². The lowest BCUT2D eigenvalue weighted by atomic mass is 10.0. The Morgan fingerprint density at radius 2 is 2.14 bits per heavy atom. The van der Waals surface area contributed by atoms with E-state index < -0.39 is 0 Å². The van der Waals surface area contributed by atoms with E-state index in [1.165, 1.54) is 60.9 Å². The third-order valence-corrected chi connectivity index (χ3v) is 5.74. The fraction of sp³-hybridized carbons (Fsp3) is 0.824. The van der Waals surface area contributed by atoms with E-state index in [2.05, 4.69) is 31.0 Å². The monoisotopic (exact) mass is 307 g/mol. The van der Waals surface area contributed by atoms with Gasteiger partial charge in [0.25, 0.3) is 0 Å². The molecule has 3 nitrogen and oxygen atoms in total. The lowest BCUT2D eigenvalue weighted by Gasteiger charge is -2.14. The second-order valence-electron chi connectivity index (χ2n) is 7.00. The van der Waals surface area contributed by atoms with Crippen LogP contribution in [-0.4, -0.2) is 24.1 Å². The lowest BCUT2D eigenvalue weighted by molar-refractivity contribution is 0.529. The maximum atomic E-state index is 5.03. The molecule has 118 valence electrons. The predicted octanol–water partition coefficient (Wildman–Crippen LogP) is 4.14. The Bertz CT molecular complexity index is 465. The van der Waals surface area contributed by atoms with Gasteiger partial charge in [-0.15, -0.1) is 11.3 Å². The van der Waals surface area contributed by atoms with Crippen molar-refractivity contribution in [1.82, 2.24) is 10.3 Å². The van der Waals surface area contributed by atoms with Crippen LogP contribution in [0.1, 0.15) is 69.4 Å². The molecule has 2 heterocycles. The number of aromatic nitrogens is 1. The van der Waals surface area contributed by atoms with Crippen molar-refractivity contribution in [3.63, 3.8) is 0 Å². The van der Waals surface area contributed by atoms with Gasteiger partial charge in [-0.25, -0.2) is 4.98 Å². The molecule has 0 amide bonds. The molecule has 1 unspecified atom stereocenters. The lowest BCUT2D eigenvalue weighted by Crippen LogP contribution is -2.21. The zero-order chi connectivity index (χ0) is 14.8. The maximum absolute atomic E-state index is 5.03. The highest BCUT2D eigenvalue weighted by atomic mass is 32.1. The third-order valence-electron chi connectivity index (χ3n) is 4.60. The van der Waals surface area contributed by atoms with Crippen molar-refractivity contribution in [1.29, 1.82) is 0 Å². The number of nitrogens with zero attached hydrogens (tertiary/aromatic N) is 2. The van der Waals surface area contributed by atoms with Gasteiger partial charge in [0.2, 0.25) is 0 Å². The van der Waals surface area contributed by atoms with Crippen LogP contribution < -0.4 is 10.2 Å². The fourth-order valence-corrected chi connectivity index (χ4v) is 4.37. The average Bonchev–Trinajstić information content (AvgIpc) is 3.03. The first-order valence-corrected chi connectivity index (χ1v) is 9.47. The van der Waals surface area contributed by atoms with Crippen LogP contribution in [0.5, 0.6) is 0 Å². The summed E-state index contributed by atoms with van der Waals surface area (Å²) in [5.41, 5.74) is 1.40. The fourth-order valence-electron chi connectivity index (χ4n) is 3.24. The van der Waals surface area contributed by atoms with Gasteiger partial charge in [-0.1, -0.05) is 27.2 Å². The van der Waals surface area contributed by atoms with E-state index in [0.717, 1.165) is 18.4 Å². The molecule has 1 aliphatic heterocycles. The molecule has 1 aliphatic carbocycles. The van der Waals surface area contributed by atoms with E-state index in [1.54, 1.807) is 0 Å². The summed E-state index contributed by atoms with van der Waals surface area (Å²) in [4.78, 5) is 9.05. The van der Waals surface area contributed by atoms with E-state index in [4.69, 9.17) is 4.98 Å². The average molecular weight is 308 g/mol. The zero-order valence-corrected chi connectivity index (χ0v) is 14.5. The highest BCUT2D eigenvalue weighted by Crippen LogP contribution is 2.44. The molecule has 1 N–H and O–H groups in total. The van der Waals surface area contributed by atoms with Gasteiger partial charge < -0.3 is 10.2 Å². The largest absolute Gasteiger partial charge is 0.348 e. The molecule has 3 rings (SSSR count). The number of rotatable bonds is 7. The summed E-state index contributed by atoms with van der Waals surface area (Å²) in [5.74, 6) is 1.65. The zero-order valence-electron chi connectivity index (χ0n) is 13.7. The minimum atomic E-state index is 0.545. The van der Waals surface area contributed by atoms with Crippen LogP contribution in [0.4, 0.5) is 5.13 Å². The summed E-state index contributed by atoms with van der Waals surface area (Å²) in [6.45, 7) is 10.2. The number of nitrogens with one attached hydrogen (secondary N) is 1. The molecule has 21 heavy (non-hydrogen) atoms. The van der Waals surface area contributed by atoms with E-state index in [-0.39, 0.29) is 0 Å². The molecular weight excluding hydrogens is 278 g/mol. The van der Waals surface area contributed by atoms with Crippen LogP contribution in [0.15, 0.2) is 0 Å². The van der Waals surface area contributed by atoms with Gasteiger partial charge in [0.15, 0.2) is 5.13 Å². The second-order valence-corrected chi connectivity index (χ2v) is 8.07. The van der Waals surface area contributed by atoms with Crippen molar-refractivity contribution in [3.8, 4) is 0 Å². The Labute approximate surface area is 133 Å². The molecule has 1 aromatic heterocycles. The molecular formula is C17H29N3S. The van der Waals surface area contributed by atoms with Gasteiger partial charge in [-0.05, 0) is 31.6 Å². The third kappa shape index (κ3) is 3.78. The highest BCUT2D eigenvalue weighted by molar-refractivity contribution is 7.15. The molecule has 2 fully saturated rings. The summed E-state index contributed by atoms with van der Waals surface area (Å²) in [6.07, 6.45) is 6.73. The Morgan fingerprint density at radius 1 is 1.33 bits per heavy atom. The Balaban J connectivity index is 1.69. The van der Waals surface area contributed by atoms with Crippen molar-refractivity contribution in [2.24, 2.45) is 5.92 Å². The SMILES string of the molecule is CCCC1CCN(c2nc(C3CC3)c(CNC(C)C)s2)C1. The molecule has 2 aliphatic rings. The normalized spacial score (nSPS) is 22.5. The van der Waals surface area contributed by atoms with Crippen molar-refractivity contribution in [2.75, 3.05) is 18.0 Å². The molecule has 1 saturated heterocycles. The van der Waals surface area contributed by atoms with Crippen LogP contribution >= 0.6 is 11.3 Å². The van der Waals surface area contributed by atoms with Crippen molar-refractivity contribution in [3.05, 3.63) is 10.6 Å². The van der Waals surface area contributed by atoms with Crippen molar-refractivity contribution in [2.45, 2.75) is 71.4 Å². The Hall–Kier alpha value is -0.610. The number of hydrogen-bond acceptors (Lipinski definition) is 4. The molecule has 1 atom stereocenters. The van der Waals surface area contributed by atoms with Gasteiger partial charge in [0.05, 0.1) is 5.69 Å². The first-order valence-electron chi connectivity index (χ1n) is 8.65. The van der Waals surface area contributed by atoms with E-state index in [9.17, 15) is 0 Å². The number of thiazole rings is 1. The van der Waals surface area contributed by atoms with Gasteiger partial charge in [0, 0.05) is 36.5 Å². The molecule has 4 heteroatoms. The van der Waals surface area contributed by atoms with Crippen LogP contribution in [0.3, 0.4) is 0 Å². The standard InChI is InChI=1S/C17H29N3S/c1-4-5-13-8-9-20(11-13)17-19-16(14-6-7-14)15(21-17)10-18-12(2)3/h12-14,18H,4-11H2,1-3H3. The summed E-state index contributed by atoms with van der Waals surface area (Å²) >= 11 is 1.94. The molecule has 0 radical (unpaired) electrons. The Kier molecular flexibility index (Phi) is 4.85. The topological polar surface area (TPSA) is 28.2 Å². The maximum Gasteiger partial charge on any atom is 0.185 e. The molecule has 1 saturated carbocycles. The summed E-state index contributed by atoms with van der Waals surface area (Å²) in [5, 5.41) is 4.86. The van der Waals surface area contributed by atoms with Gasteiger partial charge in [0.1, 0.15) is 0 Å². The van der Waals surface area contributed by atoms with Gasteiger partial charge >= 0.3 is 0 Å². The number of anilines is 1. The van der Waals surface area contributed by atoms with E-state index in [0.29, 0.717) is 6.04 Å². The Morgan fingerprint density at radius 3 is 2.81 bits per heavy atom. The smallest absolute Gasteiger partial charge is 0.185 e. The highest BCUT2D eigenvalue weighted by Gasteiger charge is 2.32. The van der Waals surface area contributed by atoms with E-state index in [1.807, 2.05) is 11.3 Å². The first kappa shape index (κ1) is 15.3. The minimum Gasteiger partial charge on any atom is -0.348 e. The summed E-state index contributed by atoms with van der Waals surface area (Å²) in [7, 11) is 0. The van der Waals surface area contributed by atoms with Crippen LogP contribution in [-0.2, 0) is 6.54 Å². The molecule has 1 aromatic rings. The van der Waals surface area contributed by atoms with Crippen molar-refractivity contribution >= 4 is 16.5 Å². The quantitative estimate of drug-likeness (QED) is 0.820. The molecule has 0 aromatic carbocycles. The molecule has 0 bridgehead atoms. The second kappa shape index (κ2) is 6.66. The first-order chi connectivity index (χ1) is 10.2. The van der Waals surface area contributed by atoms with Crippen LogP contribution in [0.2, 0.25) is 0 Å². The van der Waals surface area contributed by atoms with Crippen molar-refractivity contribution < 1.29 is 0 Å². The van der Waals surface area contributed by atoms with E-state index >= 15 is 0 Å². The number of hydrogen-bond donors (Lipinski definition) is 1. The summed E-state index contributed by atoms with van der Waals surface area (Å²) in [6, 6.07) is 0.545. The predicted molar refractivity (Wildman–Crippen MR) is 91.3 cm³/mol. The van der Waals surface area contributed by atoms with Crippen LogP contribution in [0.25, 0.3) is 0 Å². The van der Waals surface area contributed by atoms with Gasteiger partial charge in [-0.2, -0.15) is 0 Å². The van der Waals surface area contributed by atoms with Gasteiger partial charge in [-0.3, -0.25) is 0 Å². The summed E-state index contributed by atoms with van der Waals surface area (Å²) < 4.78 is 0. The minimum absolute atomic E-state index is 0.545. The molecule has 0 spiro atoms.